The first-order chi connectivity index (χ1) is 12.9. The van der Waals surface area contributed by atoms with Gasteiger partial charge in [-0.2, -0.15) is 0 Å². The van der Waals surface area contributed by atoms with Crippen molar-refractivity contribution in [1.29, 1.82) is 0 Å². The van der Waals surface area contributed by atoms with Gasteiger partial charge >= 0.3 is 0 Å². The molecule has 1 fully saturated rings. The second-order valence-corrected chi connectivity index (χ2v) is 7.01. The number of carbonyl (C=O) groups is 2. The lowest BCUT2D eigenvalue weighted by Gasteiger charge is -2.15. The number of benzene rings is 2. The van der Waals surface area contributed by atoms with Crippen molar-refractivity contribution < 1.29 is 18.4 Å². The number of rotatable bonds is 3. The number of alkyl halides is 1. The van der Waals surface area contributed by atoms with E-state index in [4.69, 9.17) is 11.6 Å². The minimum atomic E-state index is -1.09. The molecule has 0 saturated carbocycles. The lowest BCUT2D eigenvalue weighted by molar-refractivity contribution is -0.118. The molecule has 2 aliphatic rings. The number of hydrogen-bond donors (Lipinski definition) is 3. The molecule has 4 rings (SSSR count). The Balaban J connectivity index is 1.64. The molecule has 2 heterocycles. The molecule has 0 spiro atoms. The largest absolute Gasteiger partial charge is 0.324 e. The van der Waals surface area contributed by atoms with E-state index in [1.165, 1.54) is 6.07 Å². The van der Waals surface area contributed by atoms with Crippen LogP contribution in [0.3, 0.4) is 0 Å². The molecule has 0 aliphatic carbocycles. The molecule has 0 aromatic heterocycles. The van der Waals surface area contributed by atoms with Crippen molar-refractivity contribution in [3.8, 4) is 11.1 Å². The molecule has 0 bridgehead atoms. The quantitative estimate of drug-likeness (QED) is 0.752. The second-order valence-electron chi connectivity index (χ2n) is 6.64. The van der Waals surface area contributed by atoms with Crippen LogP contribution in [0.1, 0.15) is 12.0 Å². The Labute approximate surface area is 159 Å². The molecule has 2 aromatic rings. The van der Waals surface area contributed by atoms with Crippen LogP contribution in [0.5, 0.6) is 0 Å². The highest BCUT2D eigenvalue weighted by Gasteiger charge is 2.30. The third-order valence-corrected chi connectivity index (χ3v) is 5.18. The zero-order valence-corrected chi connectivity index (χ0v) is 14.9. The van der Waals surface area contributed by atoms with Gasteiger partial charge in [-0.1, -0.05) is 35.9 Å². The van der Waals surface area contributed by atoms with E-state index in [0.717, 1.165) is 5.56 Å². The maximum atomic E-state index is 15.0. The zero-order valence-electron chi connectivity index (χ0n) is 14.1. The number of carbonyl (C=O) groups excluding carboxylic acids is 2. The molecule has 2 atom stereocenters. The summed E-state index contributed by atoms with van der Waals surface area (Å²) in [5, 5.41) is 8.19. The summed E-state index contributed by atoms with van der Waals surface area (Å²) in [6, 6.07) is 7.25. The van der Waals surface area contributed by atoms with E-state index in [1.54, 1.807) is 24.3 Å². The number of nitrogens with one attached hydrogen (secondary N) is 3. The summed E-state index contributed by atoms with van der Waals surface area (Å²) in [5.74, 6) is -1.30. The number of amides is 2. The van der Waals surface area contributed by atoms with E-state index < -0.39 is 23.9 Å². The van der Waals surface area contributed by atoms with Crippen LogP contribution in [0.15, 0.2) is 30.3 Å². The maximum Gasteiger partial charge on any atom is 0.241 e. The predicted molar refractivity (Wildman–Crippen MR) is 99.1 cm³/mol. The van der Waals surface area contributed by atoms with Crippen LogP contribution in [-0.4, -0.2) is 30.6 Å². The van der Waals surface area contributed by atoms with E-state index >= 15 is 4.39 Å². The van der Waals surface area contributed by atoms with Gasteiger partial charge < -0.3 is 16.0 Å². The molecule has 2 unspecified atom stereocenters. The van der Waals surface area contributed by atoms with Gasteiger partial charge in [0.05, 0.1) is 28.9 Å². The minimum absolute atomic E-state index is 0.0118. The molecule has 2 aromatic carbocycles. The molecule has 0 radical (unpaired) electrons. The van der Waals surface area contributed by atoms with Crippen molar-refractivity contribution >= 4 is 34.8 Å². The molecule has 1 saturated heterocycles. The number of fused-ring (bicyclic) bond motifs is 1. The summed E-state index contributed by atoms with van der Waals surface area (Å²) in [6.07, 6.45) is -0.793. The van der Waals surface area contributed by atoms with Crippen LogP contribution in [-0.2, 0) is 16.0 Å². The van der Waals surface area contributed by atoms with Gasteiger partial charge in [-0.05, 0) is 11.6 Å². The monoisotopic (exact) mass is 391 g/mol. The van der Waals surface area contributed by atoms with Crippen LogP contribution in [0.4, 0.5) is 20.2 Å². The van der Waals surface area contributed by atoms with Crippen molar-refractivity contribution in [2.24, 2.45) is 0 Å². The summed E-state index contributed by atoms with van der Waals surface area (Å²) in [6.45, 7) is 0.108. The second kappa shape index (κ2) is 6.90. The smallest absolute Gasteiger partial charge is 0.241 e. The van der Waals surface area contributed by atoms with E-state index in [9.17, 15) is 14.0 Å². The third-order valence-electron chi connectivity index (χ3n) is 4.78. The molecule has 27 heavy (non-hydrogen) atoms. The summed E-state index contributed by atoms with van der Waals surface area (Å²) < 4.78 is 28.3. The van der Waals surface area contributed by atoms with Crippen LogP contribution < -0.4 is 16.0 Å². The van der Waals surface area contributed by atoms with Crippen molar-refractivity contribution in [3.05, 3.63) is 46.7 Å². The molecule has 2 aliphatic heterocycles. The first kappa shape index (κ1) is 17.9. The average molecular weight is 392 g/mol. The van der Waals surface area contributed by atoms with Crippen LogP contribution in [0.2, 0.25) is 5.02 Å². The van der Waals surface area contributed by atoms with E-state index in [-0.39, 0.29) is 41.6 Å². The fourth-order valence-corrected chi connectivity index (χ4v) is 3.75. The Morgan fingerprint density at radius 1 is 1.22 bits per heavy atom. The van der Waals surface area contributed by atoms with Gasteiger partial charge in [0.25, 0.3) is 0 Å². The highest BCUT2D eigenvalue weighted by molar-refractivity contribution is 6.37. The fourth-order valence-electron chi connectivity index (χ4n) is 3.41. The molecule has 8 heteroatoms. The maximum absolute atomic E-state index is 15.0. The number of anilines is 2. The Morgan fingerprint density at radius 2 is 2.04 bits per heavy atom. The van der Waals surface area contributed by atoms with Gasteiger partial charge in [-0.25, -0.2) is 8.78 Å². The Bertz CT molecular complexity index is 951. The Hall–Kier alpha value is -2.51. The third kappa shape index (κ3) is 3.28. The zero-order chi connectivity index (χ0) is 19.1. The standard InChI is InChI=1S/C19H16ClF2N3O2/c20-16-11(5-4-9-6-15(26)25-18(9)16)12-2-1-3-13(17(12)22)24-19(27)14-7-10(21)8-23-14/h1-5,10,14,23H,6-8H2,(H,24,27)(H,25,26). The van der Waals surface area contributed by atoms with Gasteiger partial charge in [0, 0.05) is 24.1 Å². The highest BCUT2D eigenvalue weighted by Crippen LogP contribution is 2.40. The first-order valence-electron chi connectivity index (χ1n) is 8.52. The van der Waals surface area contributed by atoms with E-state index in [2.05, 4.69) is 16.0 Å². The van der Waals surface area contributed by atoms with Gasteiger partial charge in [0.1, 0.15) is 6.17 Å². The average Bonchev–Trinajstić information content (AvgIpc) is 3.23. The topological polar surface area (TPSA) is 70.2 Å². The summed E-state index contributed by atoms with van der Waals surface area (Å²) in [5.41, 5.74) is 1.84. The molecule has 2 amide bonds. The minimum Gasteiger partial charge on any atom is -0.324 e. The van der Waals surface area contributed by atoms with Crippen molar-refractivity contribution in [1.82, 2.24) is 5.32 Å². The van der Waals surface area contributed by atoms with Crippen LogP contribution in [0, 0.1) is 5.82 Å². The fraction of sp³-hybridized carbons (Fsp3) is 0.263. The molecule has 140 valence electrons. The van der Waals surface area contributed by atoms with Gasteiger partial charge in [-0.3, -0.25) is 9.59 Å². The van der Waals surface area contributed by atoms with E-state index in [0.29, 0.717) is 11.3 Å². The molecular weight excluding hydrogens is 376 g/mol. The SMILES string of the molecule is O=C1Cc2ccc(-c3cccc(NC(=O)C4CC(F)CN4)c3F)c(Cl)c2N1. The summed E-state index contributed by atoms with van der Waals surface area (Å²) >= 11 is 6.38. The lowest BCUT2D eigenvalue weighted by atomic mass is 10.0. The predicted octanol–water partition coefficient (Wildman–Crippen LogP) is 3.28. The first-order valence-corrected chi connectivity index (χ1v) is 8.90. The van der Waals surface area contributed by atoms with Crippen molar-refractivity contribution in [2.45, 2.75) is 25.1 Å². The van der Waals surface area contributed by atoms with Gasteiger partial charge in [0.15, 0.2) is 5.82 Å². The normalized spacial score (nSPS) is 21.1. The number of hydrogen-bond acceptors (Lipinski definition) is 3. The summed E-state index contributed by atoms with van der Waals surface area (Å²) in [4.78, 5) is 23.8. The Kier molecular flexibility index (Phi) is 4.57. The lowest BCUT2D eigenvalue weighted by Crippen LogP contribution is -2.35. The highest BCUT2D eigenvalue weighted by atomic mass is 35.5. The van der Waals surface area contributed by atoms with Crippen molar-refractivity contribution in [2.75, 3.05) is 17.2 Å². The number of halogens is 3. The Morgan fingerprint density at radius 3 is 2.78 bits per heavy atom. The van der Waals surface area contributed by atoms with Gasteiger partial charge in [0.2, 0.25) is 11.8 Å². The van der Waals surface area contributed by atoms with Crippen LogP contribution in [0.25, 0.3) is 11.1 Å². The molecular formula is C19H16ClF2N3O2. The summed E-state index contributed by atoms with van der Waals surface area (Å²) in [7, 11) is 0. The van der Waals surface area contributed by atoms with Crippen molar-refractivity contribution in [3.63, 3.8) is 0 Å². The van der Waals surface area contributed by atoms with Crippen LogP contribution >= 0.6 is 11.6 Å². The molecule has 3 N–H and O–H groups in total. The molecule has 5 nitrogen and oxygen atoms in total. The van der Waals surface area contributed by atoms with E-state index in [1.807, 2.05) is 0 Å². The van der Waals surface area contributed by atoms with Gasteiger partial charge in [-0.15, -0.1) is 0 Å².